The summed E-state index contributed by atoms with van der Waals surface area (Å²) in [6, 6.07) is 11.2. The molecule has 0 aliphatic carbocycles. The van der Waals surface area contributed by atoms with Gasteiger partial charge < -0.3 is 14.8 Å². The Morgan fingerprint density at radius 3 is 2.54 bits per heavy atom. The normalized spacial score (nSPS) is 18.8. The van der Waals surface area contributed by atoms with E-state index in [1.54, 1.807) is 43.3 Å². The van der Waals surface area contributed by atoms with Gasteiger partial charge in [-0.15, -0.1) is 0 Å². The molecule has 0 spiro atoms. The number of imide groups is 1. The number of nitrogens with zero attached hydrogens (tertiary/aromatic N) is 1. The van der Waals surface area contributed by atoms with Crippen LogP contribution in [0.25, 0.3) is 0 Å². The largest absolute Gasteiger partial charge is 0.497 e. The number of ether oxygens (including phenoxy) is 2. The van der Waals surface area contributed by atoms with Gasteiger partial charge in [0.05, 0.1) is 26.3 Å². The van der Waals surface area contributed by atoms with Crippen molar-refractivity contribution >= 4 is 33.7 Å². The van der Waals surface area contributed by atoms with E-state index in [9.17, 15) is 14.4 Å². The highest BCUT2D eigenvalue weighted by Gasteiger charge is 2.49. The molecule has 7 nitrogen and oxygen atoms in total. The molecular formula is C20H19BrN2O5. The van der Waals surface area contributed by atoms with Crippen LogP contribution in [0, 0.1) is 0 Å². The van der Waals surface area contributed by atoms with Crippen LogP contribution in [0.5, 0.6) is 11.5 Å². The van der Waals surface area contributed by atoms with Gasteiger partial charge in [0.15, 0.2) is 5.78 Å². The van der Waals surface area contributed by atoms with Gasteiger partial charge in [-0.05, 0) is 36.8 Å². The molecule has 0 bridgehead atoms. The highest BCUT2D eigenvalue weighted by atomic mass is 79.9. The molecule has 1 atom stereocenters. The van der Waals surface area contributed by atoms with Gasteiger partial charge in [-0.25, -0.2) is 4.79 Å². The number of Topliss-reactive ketones (excluding diaryl/α,β-unsaturated/α-hetero) is 1. The number of halogens is 1. The minimum atomic E-state index is -1.24. The van der Waals surface area contributed by atoms with Crippen molar-refractivity contribution in [2.24, 2.45) is 0 Å². The minimum absolute atomic E-state index is 0.264. The zero-order chi connectivity index (χ0) is 20.5. The highest BCUT2D eigenvalue weighted by Crippen LogP contribution is 2.31. The van der Waals surface area contributed by atoms with E-state index >= 15 is 0 Å². The number of nitrogens with one attached hydrogen (secondary N) is 1. The maximum absolute atomic E-state index is 13.0. The molecule has 28 heavy (non-hydrogen) atoms. The molecule has 8 heteroatoms. The van der Waals surface area contributed by atoms with E-state index in [-0.39, 0.29) is 5.56 Å². The minimum Gasteiger partial charge on any atom is -0.497 e. The smallest absolute Gasteiger partial charge is 0.325 e. The maximum atomic E-state index is 13.0. The summed E-state index contributed by atoms with van der Waals surface area (Å²) in [4.78, 5) is 39.1. The first kappa shape index (κ1) is 19.9. The fraction of sp³-hybridized carbons (Fsp3) is 0.250. The Hall–Kier alpha value is -2.87. The van der Waals surface area contributed by atoms with E-state index in [4.69, 9.17) is 9.47 Å². The van der Waals surface area contributed by atoms with Gasteiger partial charge in [0.2, 0.25) is 0 Å². The van der Waals surface area contributed by atoms with Crippen LogP contribution in [0.3, 0.4) is 0 Å². The maximum Gasteiger partial charge on any atom is 0.325 e. The summed E-state index contributed by atoms with van der Waals surface area (Å²) in [7, 11) is 2.94. The second-order valence-corrected chi connectivity index (χ2v) is 7.36. The summed E-state index contributed by atoms with van der Waals surface area (Å²) in [6.07, 6.45) is 0. The Balaban J connectivity index is 1.86. The van der Waals surface area contributed by atoms with E-state index < -0.39 is 29.8 Å². The zero-order valence-electron chi connectivity index (χ0n) is 15.6. The molecule has 0 aromatic heterocycles. The number of amides is 3. The summed E-state index contributed by atoms with van der Waals surface area (Å²) < 4.78 is 11.1. The molecule has 146 valence electrons. The standard InChI is InChI=1S/C20H19BrN2O5/c1-20(12-5-4-6-13(21)9-12)18(25)23(19(26)22-20)11-16(24)15-8-7-14(27-2)10-17(15)28-3/h4-10H,11H2,1-3H3,(H,22,26)/t20-/m1/s1. The number of urea groups is 1. The third kappa shape index (κ3) is 3.47. The van der Waals surface area contributed by atoms with E-state index in [2.05, 4.69) is 21.2 Å². The quantitative estimate of drug-likeness (QED) is 0.544. The van der Waals surface area contributed by atoms with Crippen molar-refractivity contribution in [1.82, 2.24) is 10.2 Å². The topological polar surface area (TPSA) is 84.9 Å². The Morgan fingerprint density at radius 1 is 1.14 bits per heavy atom. The van der Waals surface area contributed by atoms with Crippen LogP contribution in [0.15, 0.2) is 46.9 Å². The third-order valence-corrected chi connectivity index (χ3v) is 5.18. The molecule has 3 amide bonds. The van der Waals surface area contributed by atoms with Gasteiger partial charge in [0, 0.05) is 10.5 Å². The molecule has 1 heterocycles. The van der Waals surface area contributed by atoms with Crippen molar-refractivity contribution in [3.8, 4) is 11.5 Å². The van der Waals surface area contributed by atoms with Crippen molar-refractivity contribution < 1.29 is 23.9 Å². The molecule has 2 aromatic carbocycles. The molecule has 1 saturated heterocycles. The predicted octanol–water partition coefficient (Wildman–Crippen LogP) is 3.12. The summed E-state index contributed by atoms with van der Waals surface area (Å²) in [5.74, 6) is -0.0605. The molecule has 3 rings (SSSR count). The molecule has 1 aliphatic rings. The predicted molar refractivity (Wildman–Crippen MR) is 106 cm³/mol. The second-order valence-electron chi connectivity index (χ2n) is 6.45. The lowest BCUT2D eigenvalue weighted by atomic mass is 9.92. The number of benzene rings is 2. The Morgan fingerprint density at radius 2 is 1.89 bits per heavy atom. The summed E-state index contributed by atoms with van der Waals surface area (Å²) >= 11 is 3.37. The van der Waals surface area contributed by atoms with Gasteiger partial charge in [0.1, 0.15) is 17.0 Å². The molecule has 2 aromatic rings. The lowest BCUT2D eigenvalue weighted by Crippen LogP contribution is -2.41. The van der Waals surface area contributed by atoms with Crippen molar-refractivity contribution in [3.63, 3.8) is 0 Å². The number of ketones is 1. The van der Waals surface area contributed by atoms with Crippen LogP contribution in [0.4, 0.5) is 4.79 Å². The number of hydrogen-bond acceptors (Lipinski definition) is 5. The molecule has 1 N–H and O–H groups in total. The summed E-state index contributed by atoms with van der Waals surface area (Å²) in [5, 5.41) is 2.69. The zero-order valence-corrected chi connectivity index (χ0v) is 17.2. The van der Waals surface area contributed by atoms with E-state index in [1.807, 2.05) is 6.07 Å². The molecule has 0 radical (unpaired) electrons. The van der Waals surface area contributed by atoms with E-state index in [0.717, 1.165) is 9.37 Å². The van der Waals surface area contributed by atoms with Gasteiger partial charge in [-0.1, -0.05) is 28.1 Å². The number of carbonyl (C=O) groups excluding carboxylic acids is 3. The van der Waals surface area contributed by atoms with Crippen molar-refractivity contribution in [2.45, 2.75) is 12.5 Å². The van der Waals surface area contributed by atoms with Gasteiger partial charge >= 0.3 is 6.03 Å². The van der Waals surface area contributed by atoms with Gasteiger partial charge in [0.25, 0.3) is 5.91 Å². The summed E-state index contributed by atoms with van der Waals surface area (Å²) in [6.45, 7) is 1.23. The average Bonchev–Trinajstić information content (AvgIpc) is 2.91. The first-order chi connectivity index (χ1) is 13.3. The monoisotopic (exact) mass is 446 g/mol. The van der Waals surface area contributed by atoms with Crippen molar-refractivity contribution in [2.75, 3.05) is 20.8 Å². The number of carbonyl (C=O) groups is 3. The Labute approximate surface area is 170 Å². The Kier molecular flexibility index (Phi) is 5.42. The molecule has 1 fully saturated rings. The van der Waals surface area contributed by atoms with Crippen LogP contribution in [-0.4, -0.2) is 43.4 Å². The number of methoxy groups -OCH3 is 2. The van der Waals surface area contributed by atoms with Crippen molar-refractivity contribution in [1.29, 1.82) is 0 Å². The Bertz CT molecular complexity index is 961. The lowest BCUT2D eigenvalue weighted by molar-refractivity contribution is -0.130. The average molecular weight is 447 g/mol. The highest BCUT2D eigenvalue weighted by molar-refractivity contribution is 9.10. The molecular weight excluding hydrogens is 428 g/mol. The fourth-order valence-corrected chi connectivity index (χ4v) is 3.49. The first-order valence-electron chi connectivity index (χ1n) is 8.45. The molecule has 0 unspecified atom stereocenters. The van der Waals surface area contributed by atoms with Gasteiger partial charge in [-0.3, -0.25) is 14.5 Å². The summed E-state index contributed by atoms with van der Waals surface area (Å²) in [5.41, 5.74) is -0.359. The van der Waals surface area contributed by atoms with Crippen LogP contribution < -0.4 is 14.8 Å². The van der Waals surface area contributed by atoms with Crippen molar-refractivity contribution in [3.05, 3.63) is 58.1 Å². The second kappa shape index (κ2) is 7.63. The van der Waals surface area contributed by atoms with E-state index in [1.165, 1.54) is 14.2 Å². The molecule has 0 saturated carbocycles. The fourth-order valence-electron chi connectivity index (χ4n) is 3.09. The lowest BCUT2D eigenvalue weighted by Gasteiger charge is -2.22. The first-order valence-corrected chi connectivity index (χ1v) is 9.25. The van der Waals surface area contributed by atoms with Crippen LogP contribution >= 0.6 is 15.9 Å². The van der Waals surface area contributed by atoms with Crippen LogP contribution in [0.1, 0.15) is 22.8 Å². The van der Waals surface area contributed by atoms with Crippen LogP contribution in [0.2, 0.25) is 0 Å². The number of rotatable bonds is 6. The SMILES string of the molecule is COc1ccc(C(=O)CN2C(=O)N[C@](C)(c3cccc(Br)c3)C2=O)c(OC)c1. The van der Waals surface area contributed by atoms with Gasteiger partial charge in [-0.2, -0.15) is 0 Å². The van der Waals surface area contributed by atoms with E-state index in [0.29, 0.717) is 17.1 Å². The number of hydrogen-bond donors (Lipinski definition) is 1. The molecule has 1 aliphatic heterocycles. The third-order valence-electron chi connectivity index (χ3n) is 4.69. The van der Waals surface area contributed by atoms with Crippen LogP contribution in [-0.2, 0) is 10.3 Å².